The maximum absolute atomic E-state index is 12.0. The van der Waals surface area contributed by atoms with Gasteiger partial charge in [-0.1, -0.05) is 54.6 Å². The van der Waals surface area contributed by atoms with E-state index in [1.165, 1.54) is 0 Å². The summed E-state index contributed by atoms with van der Waals surface area (Å²) in [5, 5.41) is 2.72. The molecule has 4 nitrogen and oxygen atoms in total. The van der Waals surface area contributed by atoms with Crippen molar-refractivity contribution in [3.05, 3.63) is 71.3 Å². The molecule has 0 aliphatic rings. The van der Waals surface area contributed by atoms with Crippen molar-refractivity contribution < 1.29 is 27.4 Å². The number of hydrogen-bond donors (Lipinski definition) is 1. The summed E-state index contributed by atoms with van der Waals surface area (Å²) in [5.41, 5.74) is 2.46. The van der Waals surface area contributed by atoms with Gasteiger partial charge in [0.2, 0.25) is 5.91 Å². The second kappa shape index (κ2) is 9.94. The van der Waals surface area contributed by atoms with E-state index >= 15 is 0 Å². The minimum Gasteiger partial charge on any atom is -0.367 e. The zero-order valence-corrected chi connectivity index (χ0v) is 14.1. The SMILES string of the molecule is O=C(COCc1ccccc1)NCc1ccc(COCC(F)(F)F)cc1. The fourth-order valence-corrected chi connectivity index (χ4v) is 2.13. The first-order chi connectivity index (χ1) is 12.4. The van der Waals surface area contributed by atoms with E-state index in [1.54, 1.807) is 24.3 Å². The van der Waals surface area contributed by atoms with Crippen LogP contribution >= 0.6 is 0 Å². The van der Waals surface area contributed by atoms with Gasteiger partial charge in [0.15, 0.2) is 0 Å². The van der Waals surface area contributed by atoms with Gasteiger partial charge in [-0.3, -0.25) is 4.79 Å². The second-order valence-electron chi connectivity index (χ2n) is 5.68. The predicted octanol–water partition coefficient (Wildman–Crippen LogP) is 3.60. The van der Waals surface area contributed by atoms with Crippen LogP contribution in [0.2, 0.25) is 0 Å². The number of hydrogen-bond acceptors (Lipinski definition) is 3. The van der Waals surface area contributed by atoms with Crippen LogP contribution in [0.4, 0.5) is 13.2 Å². The number of nitrogens with one attached hydrogen (secondary N) is 1. The summed E-state index contributed by atoms with van der Waals surface area (Å²) >= 11 is 0. The molecule has 2 aromatic rings. The fraction of sp³-hybridized carbons (Fsp3) is 0.316. The number of carbonyl (C=O) groups is 1. The topological polar surface area (TPSA) is 47.6 Å². The third-order valence-corrected chi connectivity index (χ3v) is 3.39. The molecule has 26 heavy (non-hydrogen) atoms. The van der Waals surface area contributed by atoms with E-state index in [-0.39, 0.29) is 19.1 Å². The van der Waals surface area contributed by atoms with Crippen LogP contribution in [0.3, 0.4) is 0 Å². The van der Waals surface area contributed by atoms with Gasteiger partial charge in [0.1, 0.15) is 13.2 Å². The van der Waals surface area contributed by atoms with Gasteiger partial charge in [-0.25, -0.2) is 0 Å². The molecule has 1 N–H and O–H groups in total. The number of alkyl halides is 3. The van der Waals surface area contributed by atoms with E-state index in [2.05, 4.69) is 10.1 Å². The quantitative estimate of drug-likeness (QED) is 0.737. The van der Waals surface area contributed by atoms with Gasteiger partial charge in [0.05, 0.1) is 13.2 Å². The van der Waals surface area contributed by atoms with E-state index in [1.807, 2.05) is 30.3 Å². The second-order valence-corrected chi connectivity index (χ2v) is 5.68. The highest BCUT2D eigenvalue weighted by Crippen LogP contribution is 2.15. The van der Waals surface area contributed by atoms with E-state index in [9.17, 15) is 18.0 Å². The van der Waals surface area contributed by atoms with Crippen LogP contribution in [-0.4, -0.2) is 25.3 Å². The Balaban J connectivity index is 1.64. The summed E-state index contributed by atoms with van der Waals surface area (Å²) in [7, 11) is 0. The Bertz CT molecular complexity index is 673. The molecule has 0 aromatic heterocycles. The number of amides is 1. The maximum Gasteiger partial charge on any atom is 0.411 e. The van der Waals surface area contributed by atoms with Crippen molar-refractivity contribution in [1.29, 1.82) is 0 Å². The molecule has 0 spiro atoms. The van der Waals surface area contributed by atoms with Gasteiger partial charge < -0.3 is 14.8 Å². The van der Waals surface area contributed by atoms with Crippen molar-refractivity contribution in [2.24, 2.45) is 0 Å². The minimum absolute atomic E-state index is 0.0434. The third-order valence-electron chi connectivity index (χ3n) is 3.39. The van der Waals surface area contributed by atoms with Crippen LogP contribution in [0, 0.1) is 0 Å². The molecule has 0 aliphatic heterocycles. The normalized spacial score (nSPS) is 11.3. The molecule has 0 unspecified atom stereocenters. The number of benzene rings is 2. The van der Waals surface area contributed by atoms with Crippen LogP contribution in [0.1, 0.15) is 16.7 Å². The number of ether oxygens (including phenoxy) is 2. The Hall–Kier alpha value is -2.38. The summed E-state index contributed by atoms with van der Waals surface area (Å²) < 4.78 is 46.0. The zero-order chi connectivity index (χ0) is 18.8. The van der Waals surface area contributed by atoms with Crippen molar-refractivity contribution in [2.45, 2.75) is 25.9 Å². The van der Waals surface area contributed by atoms with Crippen LogP contribution in [0.5, 0.6) is 0 Å². The lowest BCUT2D eigenvalue weighted by molar-refractivity contribution is -0.176. The van der Waals surface area contributed by atoms with Crippen LogP contribution in [0.15, 0.2) is 54.6 Å². The number of carbonyl (C=O) groups excluding carboxylic acids is 1. The van der Waals surface area contributed by atoms with Crippen molar-refractivity contribution in [1.82, 2.24) is 5.32 Å². The molecule has 2 rings (SSSR count). The first-order valence-corrected chi connectivity index (χ1v) is 8.03. The predicted molar refractivity (Wildman–Crippen MR) is 90.1 cm³/mol. The summed E-state index contributed by atoms with van der Waals surface area (Å²) in [6, 6.07) is 16.3. The Labute approximate surface area is 149 Å². The molecule has 0 radical (unpaired) electrons. The van der Waals surface area contributed by atoms with Crippen molar-refractivity contribution in [2.75, 3.05) is 13.2 Å². The largest absolute Gasteiger partial charge is 0.411 e. The standard InChI is InChI=1S/C19H20F3NO3/c20-19(21,22)14-26-12-17-8-6-15(7-9-17)10-23-18(24)13-25-11-16-4-2-1-3-5-16/h1-9H,10-14H2,(H,23,24). The monoisotopic (exact) mass is 367 g/mol. The molecule has 0 saturated heterocycles. The lowest BCUT2D eigenvalue weighted by Gasteiger charge is -2.09. The molecule has 2 aromatic carbocycles. The number of rotatable bonds is 9. The minimum atomic E-state index is -4.33. The molecule has 140 valence electrons. The average molecular weight is 367 g/mol. The van der Waals surface area contributed by atoms with E-state index in [0.717, 1.165) is 11.1 Å². The first-order valence-electron chi connectivity index (χ1n) is 8.03. The van der Waals surface area contributed by atoms with Gasteiger partial charge in [0.25, 0.3) is 0 Å². The van der Waals surface area contributed by atoms with Gasteiger partial charge >= 0.3 is 6.18 Å². The zero-order valence-electron chi connectivity index (χ0n) is 14.1. The van der Waals surface area contributed by atoms with Crippen LogP contribution in [-0.2, 0) is 34.0 Å². The lowest BCUT2D eigenvalue weighted by atomic mass is 10.1. The van der Waals surface area contributed by atoms with Crippen molar-refractivity contribution >= 4 is 5.91 Å². The molecular formula is C19H20F3NO3. The van der Waals surface area contributed by atoms with E-state index in [0.29, 0.717) is 18.7 Å². The molecule has 1 amide bonds. The Morgan fingerprint density at radius 3 is 2.08 bits per heavy atom. The van der Waals surface area contributed by atoms with Gasteiger partial charge in [-0.2, -0.15) is 13.2 Å². The summed E-state index contributed by atoms with van der Waals surface area (Å²) in [4.78, 5) is 11.7. The van der Waals surface area contributed by atoms with Gasteiger partial charge in [0, 0.05) is 6.54 Å². The molecular weight excluding hydrogens is 347 g/mol. The van der Waals surface area contributed by atoms with Crippen LogP contribution in [0.25, 0.3) is 0 Å². The molecule has 0 aliphatic carbocycles. The first kappa shape index (κ1) is 19.9. The van der Waals surface area contributed by atoms with E-state index in [4.69, 9.17) is 4.74 Å². The maximum atomic E-state index is 12.0. The third kappa shape index (κ3) is 8.13. The Kier molecular flexibility index (Phi) is 7.62. The number of halogens is 3. The molecule has 0 saturated carbocycles. The highest BCUT2D eigenvalue weighted by molar-refractivity contribution is 5.77. The molecule has 0 atom stereocenters. The average Bonchev–Trinajstić information content (AvgIpc) is 2.61. The molecule has 0 bridgehead atoms. The highest BCUT2D eigenvalue weighted by atomic mass is 19.4. The summed E-state index contributed by atoms with van der Waals surface area (Å²) in [6.45, 7) is -0.746. The Morgan fingerprint density at radius 2 is 1.42 bits per heavy atom. The lowest BCUT2D eigenvalue weighted by Crippen LogP contribution is -2.27. The van der Waals surface area contributed by atoms with Gasteiger partial charge in [-0.05, 0) is 16.7 Å². The highest BCUT2D eigenvalue weighted by Gasteiger charge is 2.27. The van der Waals surface area contributed by atoms with Crippen molar-refractivity contribution in [3.8, 4) is 0 Å². The smallest absolute Gasteiger partial charge is 0.367 e. The Morgan fingerprint density at radius 1 is 0.846 bits per heavy atom. The molecule has 0 heterocycles. The van der Waals surface area contributed by atoms with Gasteiger partial charge in [-0.15, -0.1) is 0 Å². The molecule has 7 heteroatoms. The molecule has 0 fully saturated rings. The van der Waals surface area contributed by atoms with Crippen molar-refractivity contribution in [3.63, 3.8) is 0 Å². The fourth-order valence-electron chi connectivity index (χ4n) is 2.13. The summed E-state index contributed by atoms with van der Waals surface area (Å²) in [6.07, 6.45) is -4.33. The summed E-state index contributed by atoms with van der Waals surface area (Å²) in [5.74, 6) is -0.237. The van der Waals surface area contributed by atoms with Crippen LogP contribution < -0.4 is 5.32 Å². The van der Waals surface area contributed by atoms with E-state index < -0.39 is 12.8 Å².